The van der Waals surface area contributed by atoms with Crippen molar-refractivity contribution >= 4 is 33.3 Å². The molecule has 1 heterocycles. The Bertz CT molecular complexity index is 913. The number of nitrogens with zero attached hydrogens (tertiary/aromatic N) is 3. The van der Waals surface area contributed by atoms with Gasteiger partial charge in [0.2, 0.25) is 10.3 Å². The first-order valence-corrected chi connectivity index (χ1v) is 9.18. The molecule has 0 radical (unpaired) electrons. The minimum Gasteiger partial charge on any atom is -0.495 e. The van der Waals surface area contributed by atoms with E-state index < -0.39 is 6.03 Å². The molecule has 3 rings (SSSR count). The fraction of sp³-hybridized carbons (Fsp3) is 0.211. The van der Waals surface area contributed by atoms with Crippen LogP contribution in [0.15, 0.2) is 48.5 Å². The van der Waals surface area contributed by atoms with Crippen molar-refractivity contribution in [1.82, 2.24) is 10.2 Å². The lowest BCUT2D eigenvalue weighted by atomic mass is 10.2. The molecule has 2 N–H and O–H groups in total. The Hall–Kier alpha value is -3.13. The summed E-state index contributed by atoms with van der Waals surface area (Å²) in [4.78, 5) is 14.3. The molecule has 0 aliphatic heterocycles. The normalized spacial score (nSPS) is 10.3. The molecule has 0 saturated heterocycles. The average molecular weight is 383 g/mol. The number of benzene rings is 2. The molecule has 8 heteroatoms. The topological polar surface area (TPSA) is 79.4 Å². The van der Waals surface area contributed by atoms with Gasteiger partial charge in [-0.25, -0.2) is 4.79 Å². The van der Waals surface area contributed by atoms with Crippen molar-refractivity contribution < 1.29 is 9.53 Å². The average Bonchev–Trinajstić information content (AvgIpc) is 3.11. The van der Waals surface area contributed by atoms with Crippen LogP contribution in [0.2, 0.25) is 0 Å². The highest BCUT2D eigenvalue weighted by Gasteiger charge is 2.13. The van der Waals surface area contributed by atoms with Gasteiger partial charge in [-0.05, 0) is 30.2 Å². The Balaban J connectivity index is 1.62. The van der Waals surface area contributed by atoms with Crippen molar-refractivity contribution in [2.75, 3.05) is 29.7 Å². The number of urea groups is 1. The molecule has 0 fully saturated rings. The lowest BCUT2D eigenvalue weighted by Crippen LogP contribution is -2.19. The molecule has 0 unspecified atom stereocenters. The monoisotopic (exact) mass is 383 g/mol. The van der Waals surface area contributed by atoms with E-state index in [2.05, 4.69) is 33.0 Å². The quantitative estimate of drug-likeness (QED) is 0.669. The Labute approximate surface area is 162 Å². The van der Waals surface area contributed by atoms with Crippen LogP contribution in [0.4, 0.5) is 20.7 Å². The van der Waals surface area contributed by atoms with Crippen LogP contribution in [0.25, 0.3) is 0 Å². The molecule has 140 valence electrons. The number of ether oxygens (including phenoxy) is 1. The van der Waals surface area contributed by atoms with Gasteiger partial charge in [-0.2, -0.15) is 0 Å². The number of carbonyl (C=O) groups is 1. The summed E-state index contributed by atoms with van der Waals surface area (Å²) in [5, 5.41) is 14.8. The predicted octanol–water partition coefficient (Wildman–Crippen LogP) is 4.14. The number of methoxy groups -OCH3 is 1. The molecule has 0 bridgehead atoms. The third-order valence-corrected chi connectivity index (χ3v) is 4.78. The van der Waals surface area contributed by atoms with Crippen molar-refractivity contribution in [2.45, 2.75) is 13.5 Å². The minimum atomic E-state index is -0.396. The molecule has 0 saturated carbocycles. The first-order valence-electron chi connectivity index (χ1n) is 8.36. The van der Waals surface area contributed by atoms with Crippen LogP contribution in [0, 0.1) is 6.92 Å². The summed E-state index contributed by atoms with van der Waals surface area (Å²) in [6.45, 7) is 2.66. The van der Waals surface area contributed by atoms with Crippen LogP contribution >= 0.6 is 11.3 Å². The predicted molar refractivity (Wildman–Crippen MR) is 109 cm³/mol. The second-order valence-electron chi connectivity index (χ2n) is 6.01. The van der Waals surface area contributed by atoms with Crippen molar-refractivity contribution in [3.8, 4) is 5.75 Å². The van der Waals surface area contributed by atoms with Crippen LogP contribution < -0.4 is 20.3 Å². The summed E-state index contributed by atoms with van der Waals surface area (Å²) in [5.41, 5.74) is 2.79. The Morgan fingerprint density at radius 2 is 1.93 bits per heavy atom. The van der Waals surface area contributed by atoms with Gasteiger partial charge in [0.1, 0.15) is 5.75 Å². The zero-order chi connectivity index (χ0) is 19.2. The van der Waals surface area contributed by atoms with Crippen LogP contribution in [0.5, 0.6) is 5.75 Å². The second-order valence-corrected chi connectivity index (χ2v) is 6.97. The maximum absolute atomic E-state index is 12.3. The van der Waals surface area contributed by atoms with E-state index in [1.807, 2.05) is 55.3 Å². The van der Waals surface area contributed by atoms with Crippen LogP contribution in [0.3, 0.4) is 0 Å². The second kappa shape index (κ2) is 8.50. The highest BCUT2D eigenvalue weighted by molar-refractivity contribution is 7.19. The van der Waals surface area contributed by atoms with E-state index in [-0.39, 0.29) is 0 Å². The van der Waals surface area contributed by atoms with E-state index in [1.165, 1.54) is 16.9 Å². The molecule has 1 aromatic heterocycles. The highest BCUT2D eigenvalue weighted by Crippen LogP contribution is 2.27. The molecular weight excluding hydrogens is 362 g/mol. The van der Waals surface area contributed by atoms with Crippen molar-refractivity contribution in [3.05, 3.63) is 59.7 Å². The number of rotatable bonds is 6. The first-order chi connectivity index (χ1) is 13.0. The van der Waals surface area contributed by atoms with Crippen molar-refractivity contribution in [3.63, 3.8) is 0 Å². The van der Waals surface area contributed by atoms with Gasteiger partial charge in [-0.15, -0.1) is 10.2 Å². The first kappa shape index (κ1) is 18.7. The van der Waals surface area contributed by atoms with E-state index in [4.69, 9.17) is 4.74 Å². The molecule has 0 atom stereocenters. The summed E-state index contributed by atoms with van der Waals surface area (Å²) < 4.78 is 5.27. The van der Waals surface area contributed by atoms with E-state index in [9.17, 15) is 4.79 Å². The number of amides is 2. The lowest BCUT2D eigenvalue weighted by Gasteiger charge is -2.14. The summed E-state index contributed by atoms with van der Waals surface area (Å²) in [7, 11) is 3.50. The molecule has 3 aromatic rings. The molecule has 0 aliphatic rings. The minimum absolute atomic E-state index is 0.396. The van der Waals surface area contributed by atoms with Crippen molar-refractivity contribution in [2.24, 2.45) is 0 Å². The zero-order valence-electron chi connectivity index (χ0n) is 15.4. The van der Waals surface area contributed by atoms with Gasteiger partial charge in [0.05, 0.1) is 12.8 Å². The van der Waals surface area contributed by atoms with E-state index in [0.717, 1.165) is 10.7 Å². The fourth-order valence-electron chi connectivity index (χ4n) is 2.52. The maximum Gasteiger partial charge on any atom is 0.325 e. The van der Waals surface area contributed by atoms with Gasteiger partial charge in [-0.1, -0.05) is 47.7 Å². The summed E-state index contributed by atoms with van der Waals surface area (Å²) >= 11 is 1.31. The largest absolute Gasteiger partial charge is 0.495 e. The molecule has 0 spiro atoms. The number of hydrogen-bond acceptors (Lipinski definition) is 6. The molecule has 7 nitrogen and oxygen atoms in total. The van der Waals surface area contributed by atoms with Crippen LogP contribution in [0.1, 0.15) is 11.1 Å². The molecule has 27 heavy (non-hydrogen) atoms. The molecule has 2 aromatic carbocycles. The summed E-state index contributed by atoms with van der Waals surface area (Å²) in [6.07, 6.45) is 0. The fourth-order valence-corrected chi connectivity index (χ4v) is 3.22. The van der Waals surface area contributed by atoms with Crippen molar-refractivity contribution in [1.29, 1.82) is 0 Å². The maximum atomic E-state index is 12.3. The molecule has 0 aliphatic carbocycles. The highest BCUT2D eigenvalue weighted by atomic mass is 32.1. The van der Waals surface area contributed by atoms with E-state index in [1.54, 1.807) is 7.11 Å². The van der Waals surface area contributed by atoms with Gasteiger partial charge in [0.15, 0.2) is 0 Å². The molecular formula is C19H21N5O2S. The molecule has 2 amide bonds. The number of anilines is 3. The van der Waals surface area contributed by atoms with Gasteiger partial charge in [0.25, 0.3) is 0 Å². The third kappa shape index (κ3) is 4.95. The summed E-state index contributed by atoms with van der Waals surface area (Å²) in [6, 6.07) is 15.3. The van der Waals surface area contributed by atoms with Crippen LogP contribution in [-0.4, -0.2) is 30.4 Å². The summed E-state index contributed by atoms with van der Waals surface area (Å²) in [5.74, 6) is 0.594. The Morgan fingerprint density at radius 1 is 1.15 bits per heavy atom. The number of carbonyl (C=O) groups excluding carboxylic acids is 1. The van der Waals surface area contributed by atoms with Gasteiger partial charge < -0.3 is 15.0 Å². The smallest absolute Gasteiger partial charge is 0.325 e. The number of hydrogen-bond donors (Lipinski definition) is 2. The zero-order valence-corrected chi connectivity index (χ0v) is 16.2. The Kier molecular flexibility index (Phi) is 5.87. The standard InChI is InChI=1S/C19H21N5O2S/c1-13-9-10-16(26-3)15(11-13)20-17(25)21-18-22-23-19(27-18)24(2)12-14-7-5-4-6-8-14/h4-11H,12H2,1-3H3,(H2,20,21,22,25). The van der Waals surface area contributed by atoms with E-state index >= 15 is 0 Å². The van der Waals surface area contributed by atoms with Crippen LogP contribution in [-0.2, 0) is 6.54 Å². The SMILES string of the molecule is COc1ccc(C)cc1NC(=O)Nc1nnc(N(C)Cc2ccccc2)s1. The number of aromatic nitrogens is 2. The third-order valence-electron chi connectivity index (χ3n) is 3.83. The van der Waals surface area contributed by atoms with Gasteiger partial charge in [0, 0.05) is 13.6 Å². The Morgan fingerprint density at radius 3 is 2.67 bits per heavy atom. The number of aryl methyl sites for hydroxylation is 1. The van der Waals surface area contributed by atoms with E-state index in [0.29, 0.717) is 23.1 Å². The van der Waals surface area contributed by atoms with Gasteiger partial charge in [-0.3, -0.25) is 5.32 Å². The van der Waals surface area contributed by atoms with Gasteiger partial charge >= 0.3 is 6.03 Å². The lowest BCUT2D eigenvalue weighted by molar-refractivity contribution is 0.262. The number of nitrogens with one attached hydrogen (secondary N) is 2.